The van der Waals surface area contributed by atoms with Gasteiger partial charge in [-0.1, -0.05) is 18.2 Å². The van der Waals surface area contributed by atoms with E-state index in [0.29, 0.717) is 28.9 Å². The van der Waals surface area contributed by atoms with Crippen LogP contribution in [0.5, 0.6) is 0 Å². The van der Waals surface area contributed by atoms with Gasteiger partial charge in [-0.05, 0) is 74.9 Å². The zero-order valence-electron chi connectivity index (χ0n) is 24.0. The first-order valence-electron chi connectivity index (χ1n) is 13.5. The molecule has 13 heteroatoms. The molecule has 4 aromatic rings. The lowest BCUT2D eigenvalue weighted by Gasteiger charge is -2.31. The zero-order chi connectivity index (χ0) is 32.4. The first kappa shape index (κ1) is 32.3. The van der Waals surface area contributed by atoms with Crippen LogP contribution in [0.25, 0.3) is 16.6 Å². The Morgan fingerprint density at radius 2 is 1.70 bits per heavy atom. The molecular formula is C31H28F4N4O4S. The maximum Gasteiger partial charge on any atom is 0.419 e. The summed E-state index contributed by atoms with van der Waals surface area (Å²) in [6, 6.07) is 15.7. The summed E-state index contributed by atoms with van der Waals surface area (Å²) in [7, 11) is -3.67. The molecule has 8 nitrogen and oxygen atoms in total. The average molecular weight is 629 g/mol. The van der Waals surface area contributed by atoms with E-state index >= 15 is 0 Å². The van der Waals surface area contributed by atoms with Crippen molar-refractivity contribution in [2.75, 3.05) is 12.3 Å². The molecule has 0 N–H and O–H groups in total. The second-order valence-corrected chi connectivity index (χ2v) is 13.1. The van der Waals surface area contributed by atoms with E-state index < -0.39 is 62.3 Å². The third-order valence-corrected chi connectivity index (χ3v) is 9.43. The van der Waals surface area contributed by atoms with Gasteiger partial charge in [-0.25, -0.2) is 17.8 Å². The van der Waals surface area contributed by atoms with Crippen LogP contribution in [0.2, 0.25) is 0 Å². The molecule has 0 unspecified atom stereocenters. The van der Waals surface area contributed by atoms with Gasteiger partial charge in [0.15, 0.2) is 9.84 Å². The predicted octanol–water partition coefficient (Wildman–Crippen LogP) is 5.37. The predicted molar refractivity (Wildman–Crippen MR) is 156 cm³/mol. The van der Waals surface area contributed by atoms with Crippen LogP contribution in [0, 0.1) is 17.1 Å². The summed E-state index contributed by atoms with van der Waals surface area (Å²) >= 11 is 0. The number of nitriles is 1. The molecule has 0 saturated heterocycles. The fourth-order valence-electron chi connectivity index (χ4n) is 4.68. The second kappa shape index (κ2) is 12.6. The van der Waals surface area contributed by atoms with E-state index in [0.717, 1.165) is 11.0 Å². The van der Waals surface area contributed by atoms with Crippen molar-refractivity contribution in [2.24, 2.45) is 0 Å². The van der Waals surface area contributed by atoms with Crippen LogP contribution in [0.15, 0.2) is 71.5 Å². The van der Waals surface area contributed by atoms with E-state index in [1.807, 2.05) is 6.07 Å². The van der Waals surface area contributed by atoms with Gasteiger partial charge in [-0.2, -0.15) is 18.4 Å². The maximum atomic E-state index is 13.9. The Labute approximate surface area is 251 Å². The average Bonchev–Trinajstić information content (AvgIpc) is 2.97. The smallest absolute Gasteiger partial charge is 0.331 e. The van der Waals surface area contributed by atoms with Crippen molar-refractivity contribution < 1.29 is 30.8 Å². The van der Waals surface area contributed by atoms with E-state index in [2.05, 4.69) is 4.98 Å². The molecule has 1 heterocycles. The van der Waals surface area contributed by atoms with Gasteiger partial charge in [0.2, 0.25) is 5.91 Å². The highest BCUT2D eigenvalue weighted by molar-refractivity contribution is 7.92. The van der Waals surface area contributed by atoms with E-state index in [1.54, 1.807) is 24.3 Å². The maximum absolute atomic E-state index is 13.9. The van der Waals surface area contributed by atoms with Crippen molar-refractivity contribution in [1.29, 1.82) is 5.26 Å². The summed E-state index contributed by atoms with van der Waals surface area (Å²) in [6.45, 7) is 4.14. The molecule has 44 heavy (non-hydrogen) atoms. The van der Waals surface area contributed by atoms with Crippen molar-refractivity contribution in [3.05, 3.63) is 105 Å². The minimum Gasteiger partial charge on any atom is -0.331 e. The Bertz CT molecular complexity index is 1910. The number of benzene rings is 3. The number of hydrogen-bond donors (Lipinski definition) is 0. The van der Waals surface area contributed by atoms with Gasteiger partial charge < -0.3 is 4.90 Å². The minimum absolute atomic E-state index is 0.0591. The lowest BCUT2D eigenvalue weighted by molar-refractivity contribution is -0.140. The summed E-state index contributed by atoms with van der Waals surface area (Å²) in [5, 5.41) is 8.72. The van der Waals surface area contributed by atoms with Crippen molar-refractivity contribution in [2.45, 2.75) is 44.7 Å². The molecule has 1 aromatic heterocycles. The molecule has 230 valence electrons. The van der Waals surface area contributed by atoms with E-state index in [-0.39, 0.29) is 23.3 Å². The molecule has 0 aliphatic carbocycles. The van der Waals surface area contributed by atoms with Gasteiger partial charge in [0.25, 0.3) is 5.56 Å². The van der Waals surface area contributed by atoms with Crippen LogP contribution in [0.3, 0.4) is 0 Å². The number of carbonyl (C=O) groups excluding carboxylic acids is 1. The Morgan fingerprint density at radius 3 is 2.32 bits per heavy atom. The van der Waals surface area contributed by atoms with Crippen LogP contribution >= 0.6 is 0 Å². The number of alkyl halides is 3. The van der Waals surface area contributed by atoms with Crippen LogP contribution in [0.4, 0.5) is 17.6 Å². The monoisotopic (exact) mass is 628 g/mol. The number of rotatable bonds is 9. The van der Waals surface area contributed by atoms with Crippen molar-refractivity contribution in [3.8, 4) is 11.8 Å². The molecule has 0 aliphatic rings. The largest absolute Gasteiger partial charge is 0.419 e. The SMILES string of the molecule is CC(C)S(=O)(=O)CCN(C(=O)Cc1ccc(F)c(C(F)(F)F)c1)[C@H](C)c1nc2ccccc2c(=O)n1-c1ccc(C#N)cc1. The quantitative estimate of drug-likeness (QED) is 0.230. The van der Waals surface area contributed by atoms with Crippen LogP contribution in [-0.2, 0) is 27.2 Å². The molecule has 0 aliphatic heterocycles. The highest BCUT2D eigenvalue weighted by atomic mass is 32.2. The molecule has 0 fully saturated rings. The summed E-state index contributed by atoms with van der Waals surface area (Å²) < 4.78 is 80.7. The Balaban J connectivity index is 1.85. The zero-order valence-corrected chi connectivity index (χ0v) is 24.8. The fraction of sp³-hybridized carbons (Fsp3) is 0.290. The van der Waals surface area contributed by atoms with Gasteiger partial charge in [-0.3, -0.25) is 14.2 Å². The summed E-state index contributed by atoms with van der Waals surface area (Å²) in [5.41, 5.74) is -1.19. The van der Waals surface area contributed by atoms with Gasteiger partial charge in [0, 0.05) is 6.54 Å². The number of para-hydroxylation sites is 1. The number of sulfone groups is 1. The molecule has 0 bridgehead atoms. The third-order valence-electron chi connectivity index (χ3n) is 7.24. The van der Waals surface area contributed by atoms with Gasteiger partial charge >= 0.3 is 6.18 Å². The number of aromatic nitrogens is 2. The van der Waals surface area contributed by atoms with Crippen LogP contribution in [0.1, 0.15) is 49.3 Å². The number of nitrogens with zero attached hydrogens (tertiary/aromatic N) is 4. The van der Waals surface area contributed by atoms with Crippen molar-refractivity contribution >= 4 is 26.6 Å². The highest BCUT2D eigenvalue weighted by Crippen LogP contribution is 2.32. The lowest BCUT2D eigenvalue weighted by atomic mass is 10.1. The van der Waals surface area contributed by atoms with Gasteiger partial charge in [0.05, 0.1) is 57.3 Å². The Kier molecular flexibility index (Phi) is 9.25. The Morgan fingerprint density at radius 1 is 1.05 bits per heavy atom. The molecule has 3 aromatic carbocycles. The number of hydrogen-bond acceptors (Lipinski definition) is 6. The van der Waals surface area contributed by atoms with E-state index in [9.17, 15) is 40.8 Å². The van der Waals surface area contributed by atoms with E-state index in [1.165, 1.54) is 49.6 Å². The summed E-state index contributed by atoms with van der Waals surface area (Å²) in [5.74, 6) is -2.66. The van der Waals surface area contributed by atoms with E-state index in [4.69, 9.17) is 0 Å². The highest BCUT2D eigenvalue weighted by Gasteiger charge is 2.35. The molecule has 0 radical (unpaired) electrons. The number of halogens is 4. The third kappa shape index (κ3) is 6.81. The summed E-state index contributed by atoms with van der Waals surface area (Å²) in [4.78, 5) is 33.3. The molecule has 1 atom stereocenters. The van der Waals surface area contributed by atoms with Crippen LogP contribution in [-0.4, -0.2) is 46.3 Å². The van der Waals surface area contributed by atoms with Crippen molar-refractivity contribution in [3.63, 3.8) is 0 Å². The summed E-state index contributed by atoms with van der Waals surface area (Å²) in [6.07, 6.45) is -5.60. The standard InChI is InChI=1S/C31H28F4N4O4S/c1-19(2)44(42,43)15-14-38(28(40)17-22-10-13-26(32)25(16-22)31(33,34)35)20(3)29-37-27-7-5-4-6-24(27)30(41)39(29)23-11-8-21(18-36)9-12-23/h4-13,16,19-20H,14-15,17H2,1-3H3/t20-/m1/s1. The number of carbonyl (C=O) groups is 1. The molecule has 0 saturated carbocycles. The first-order valence-corrected chi connectivity index (χ1v) is 15.2. The Hall–Kier alpha value is -4.57. The topological polar surface area (TPSA) is 113 Å². The van der Waals surface area contributed by atoms with Crippen molar-refractivity contribution in [1.82, 2.24) is 14.5 Å². The molecule has 0 spiro atoms. The van der Waals surface area contributed by atoms with Gasteiger partial charge in [0.1, 0.15) is 11.6 Å². The molecule has 1 amide bonds. The molecular weight excluding hydrogens is 600 g/mol. The minimum atomic E-state index is -4.99. The molecule has 4 rings (SSSR count). The number of amides is 1. The lowest BCUT2D eigenvalue weighted by Crippen LogP contribution is -2.41. The van der Waals surface area contributed by atoms with Gasteiger partial charge in [-0.15, -0.1) is 0 Å². The first-order chi connectivity index (χ1) is 20.6. The van der Waals surface area contributed by atoms with Crippen LogP contribution < -0.4 is 5.56 Å². The second-order valence-electron chi connectivity index (χ2n) is 10.5. The fourth-order valence-corrected chi connectivity index (χ4v) is 5.60. The normalized spacial score (nSPS) is 12.7. The number of fused-ring (bicyclic) bond motifs is 1.